The predicted molar refractivity (Wildman–Crippen MR) is 160 cm³/mol. The van der Waals surface area contributed by atoms with Gasteiger partial charge in [-0.25, -0.2) is 4.79 Å². The van der Waals surface area contributed by atoms with Crippen molar-refractivity contribution in [1.29, 1.82) is 0 Å². The molecule has 0 fully saturated rings. The lowest BCUT2D eigenvalue weighted by Crippen LogP contribution is -2.26. The Morgan fingerprint density at radius 3 is 2.21 bits per heavy atom. The molecule has 10 heteroatoms. The normalized spacial score (nSPS) is 11.8. The number of hydrogen-bond acceptors (Lipinski definition) is 6. The molecule has 0 amide bonds. The zero-order chi connectivity index (χ0) is 31.5. The number of esters is 1. The molecule has 3 aromatic carbocycles. The molecule has 0 aliphatic carbocycles. The molecule has 0 radical (unpaired) electrons. The summed E-state index contributed by atoms with van der Waals surface area (Å²) in [6.45, 7) is 10.6. The molecule has 0 N–H and O–H groups in total. The Morgan fingerprint density at radius 2 is 1.60 bits per heavy atom. The average molecular weight is 616 g/mol. The maximum Gasteiger partial charge on any atom is 0.453 e. The van der Waals surface area contributed by atoms with Crippen LogP contribution in [0.2, 0.25) is 5.02 Å². The summed E-state index contributed by atoms with van der Waals surface area (Å²) in [6, 6.07) is 12.1. The summed E-state index contributed by atoms with van der Waals surface area (Å²) in [6.07, 6.45) is -3.51. The number of fused-ring (bicyclic) bond motifs is 1. The fourth-order valence-electron chi connectivity index (χ4n) is 4.89. The number of benzene rings is 3. The van der Waals surface area contributed by atoms with Gasteiger partial charge >= 0.3 is 12.1 Å². The second-order valence-electron chi connectivity index (χ2n) is 10.5. The van der Waals surface area contributed by atoms with Gasteiger partial charge in [0.15, 0.2) is 0 Å². The van der Waals surface area contributed by atoms with Crippen molar-refractivity contribution in [2.45, 2.75) is 60.2 Å². The number of rotatable bonds is 10. The molecule has 0 bridgehead atoms. The molecule has 0 unspecified atom stereocenters. The lowest BCUT2D eigenvalue weighted by Gasteiger charge is -2.23. The van der Waals surface area contributed by atoms with Crippen LogP contribution in [0.1, 0.15) is 65.1 Å². The number of ether oxygens (including phenoxy) is 2. The number of nitrogens with zero attached hydrogens (tertiary/aromatic N) is 1. The second kappa shape index (κ2) is 13.2. The molecule has 4 aromatic rings. The molecule has 4 rings (SSSR count). The monoisotopic (exact) mass is 615 g/mol. The molecule has 0 spiro atoms. The Morgan fingerprint density at radius 1 is 0.953 bits per heavy atom. The van der Waals surface area contributed by atoms with Crippen molar-refractivity contribution in [3.63, 3.8) is 0 Å². The van der Waals surface area contributed by atoms with Gasteiger partial charge in [-0.1, -0.05) is 31.5 Å². The summed E-state index contributed by atoms with van der Waals surface area (Å²) >= 11 is 5.94. The number of hydrogen-bond donors (Lipinski definition) is 0. The van der Waals surface area contributed by atoms with E-state index in [2.05, 4.69) is 0 Å². The third-order valence-electron chi connectivity index (χ3n) is 7.06. The van der Waals surface area contributed by atoms with Crippen molar-refractivity contribution in [2.75, 3.05) is 13.1 Å². The molecule has 0 aliphatic heterocycles. The van der Waals surface area contributed by atoms with E-state index in [4.69, 9.17) is 25.5 Å². The summed E-state index contributed by atoms with van der Waals surface area (Å²) in [5.41, 5.74) is 1.20. The summed E-state index contributed by atoms with van der Waals surface area (Å²) in [4.78, 5) is 28.8. The van der Waals surface area contributed by atoms with Crippen LogP contribution in [0.5, 0.6) is 17.2 Å². The maximum absolute atomic E-state index is 14.5. The van der Waals surface area contributed by atoms with Gasteiger partial charge in [0.05, 0.1) is 16.5 Å². The Balaban J connectivity index is 1.94. The highest BCUT2D eigenvalue weighted by molar-refractivity contribution is 6.30. The van der Waals surface area contributed by atoms with Crippen LogP contribution in [0.25, 0.3) is 11.0 Å². The summed E-state index contributed by atoms with van der Waals surface area (Å²) < 4.78 is 60.4. The summed E-state index contributed by atoms with van der Waals surface area (Å²) in [7, 11) is 0. The van der Waals surface area contributed by atoms with Crippen molar-refractivity contribution in [2.24, 2.45) is 0 Å². The fourth-order valence-corrected chi connectivity index (χ4v) is 5.02. The Bertz CT molecular complexity index is 1690. The minimum absolute atomic E-state index is 0.0141. The SMILES string of the molecule is CCCN(CCC)Cc1c(OC(=O)c2ccc(Cl)cc2)ccc2c(=O)c(Oc3cc(C)cc(C)c3C)c(C(F)(F)F)oc12. The average Bonchev–Trinajstić information content (AvgIpc) is 2.93. The van der Waals surface area contributed by atoms with Crippen molar-refractivity contribution < 1.29 is 31.9 Å². The molecule has 0 saturated heterocycles. The number of halogens is 4. The molecule has 228 valence electrons. The summed E-state index contributed by atoms with van der Waals surface area (Å²) in [5.74, 6) is -3.15. The van der Waals surface area contributed by atoms with E-state index in [9.17, 15) is 22.8 Å². The number of aryl methyl sites for hydroxylation is 2. The summed E-state index contributed by atoms with van der Waals surface area (Å²) in [5, 5.41) is 0.299. The van der Waals surface area contributed by atoms with E-state index < -0.39 is 29.1 Å². The molecular weight excluding hydrogens is 583 g/mol. The molecular formula is C33H33ClF3NO5. The molecule has 0 atom stereocenters. The van der Waals surface area contributed by atoms with Gasteiger partial charge in [0.25, 0.3) is 5.76 Å². The van der Waals surface area contributed by atoms with E-state index in [1.165, 1.54) is 36.4 Å². The Hall–Kier alpha value is -3.82. The van der Waals surface area contributed by atoms with Gasteiger partial charge < -0.3 is 13.9 Å². The standard InChI is InChI=1S/C33H33ClF3NO5/c1-6-14-38(15-7-2)18-25-26(42-32(40)22-8-10-23(34)11-9-22)13-12-24-28(39)30(31(33(35,36)37)43-29(24)25)41-27-17-19(3)16-20(4)21(27)5/h8-13,16-17H,6-7,14-15,18H2,1-5H3. The minimum atomic E-state index is -5.06. The number of carbonyl (C=O) groups excluding carboxylic acids is 1. The third kappa shape index (κ3) is 7.22. The van der Waals surface area contributed by atoms with E-state index in [1.54, 1.807) is 26.8 Å². The maximum atomic E-state index is 14.5. The highest BCUT2D eigenvalue weighted by atomic mass is 35.5. The molecule has 1 aromatic heterocycles. The van der Waals surface area contributed by atoms with Crippen molar-refractivity contribution in [3.05, 3.63) is 97.4 Å². The van der Waals surface area contributed by atoms with E-state index in [-0.39, 0.29) is 40.1 Å². The number of alkyl halides is 3. The van der Waals surface area contributed by atoms with Gasteiger partial charge in [0.1, 0.15) is 17.1 Å². The van der Waals surface area contributed by atoms with Crippen LogP contribution in [0, 0.1) is 20.8 Å². The largest absolute Gasteiger partial charge is 0.453 e. The number of carbonyl (C=O) groups is 1. The highest BCUT2D eigenvalue weighted by Gasteiger charge is 2.41. The van der Waals surface area contributed by atoms with Gasteiger partial charge in [-0.3, -0.25) is 9.69 Å². The van der Waals surface area contributed by atoms with Gasteiger partial charge in [-0.15, -0.1) is 0 Å². The lowest BCUT2D eigenvalue weighted by atomic mass is 10.1. The lowest BCUT2D eigenvalue weighted by molar-refractivity contribution is -0.154. The van der Waals surface area contributed by atoms with Crippen LogP contribution in [0.4, 0.5) is 13.2 Å². The smallest absolute Gasteiger partial charge is 0.449 e. The van der Waals surface area contributed by atoms with Gasteiger partial charge in [-0.05, 0) is 106 Å². The first-order valence-electron chi connectivity index (χ1n) is 14.0. The first kappa shape index (κ1) is 32.1. The van der Waals surface area contributed by atoms with Crippen molar-refractivity contribution in [3.8, 4) is 17.2 Å². The van der Waals surface area contributed by atoms with Crippen LogP contribution in [0.15, 0.2) is 57.7 Å². The van der Waals surface area contributed by atoms with Crippen LogP contribution < -0.4 is 14.9 Å². The van der Waals surface area contributed by atoms with Crippen molar-refractivity contribution >= 4 is 28.5 Å². The fraction of sp³-hybridized carbons (Fsp3) is 0.333. The van der Waals surface area contributed by atoms with E-state index >= 15 is 0 Å². The zero-order valence-corrected chi connectivity index (χ0v) is 25.4. The third-order valence-corrected chi connectivity index (χ3v) is 7.31. The molecule has 6 nitrogen and oxygen atoms in total. The highest BCUT2D eigenvalue weighted by Crippen LogP contribution is 2.41. The topological polar surface area (TPSA) is 69.0 Å². The van der Waals surface area contributed by atoms with E-state index in [1.807, 2.05) is 24.8 Å². The van der Waals surface area contributed by atoms with Gasteiger partial charge in [0, 0.05) is 11.6 Å². The molecule has 0 aliphatic rings. The zero-order valence-electron chi connectivity index (χ0n) is 24.7. The van der Waals surface area contributed by atoms with E-state index in [0.717, 1.165) is 24.0 Å². The quantitative estimate of drug-likeness (QED) is 0.131. The van der Waals surface area contributed by atoms with E-state index in [0.29, 0.717) is 23.7 Å². The van der Waals surface area contributed by atoms with Gasteiger partial charge in [0.2, 0.25) is 11.2 Å². The van der Waals surface area contributed by atoms with Crippen LogP contribution in [0.3, 0.4) is 0 Å². The molecule has 1 heterocycles. The van der Waals surface area contributed by atoms with Gasteiger partial charge in [-0.2, -0.15) is 13.2 Å². The minimum Gasteiger partial charge on any atom is -0.449 e. The first-order chi connectivity index (χ1) is 20.3. The Labute approximate surface area is 253 Å². The second-order valence-corrected chi connectivity index (χ2v) is 10.9. The van der Waals surface area contributed by atoms with Crippen LogP contribution >= 0.6 is 11.6 Å². The molecule has 43 heavy (non-hydrogen) atoms. The molecule has 0 saturated carbocycles. The van der Waals surface area contributed by atoms with Crippen molar-refractivity contribution in [1.82, 2.24) is 4.90 Å². The van der Waals surface area contributed by atoms with Crippen LogP contribution in [-0.4, -0.2) is 24.0 Å². The van der Waals surface area contributed by atoms with Crippen LogP contribution in [-0.2, 0) is 12.7 Å². The Kier molecular flexibility index (Phi) is 9.87. The predicted octanol–water partition coefficient (Wildman–Crippen LogP) is 9.02. The first-order valence-corrected chi connectivity index (χ1v) is 14.4.